The summed E-state index contributed by atoms with van der Waals surface area (Å²) in [6.07, 6.45) is 10.7. The molecule has 21 N–H and O–H groups in total. The maximum atomic E-state index is 8.36. The van der Waals surface area contributed by atoms with Crippen molar-refractivity contribution in [3.63, 3.8) is 0 Å². The summed E-state index contributed by atoms with van der Waals surface area (Å²) in [7, 11) is 0. The number of rotatable bonds is 3. The number of nitrogens with zero attached hydrogens (tertiary/aromatic N) is 7. The van der Waals surface area contributed by atoms with Crippen molar-refractivity contribution in [3.05, 3.63) is 116 Å². The van der Waals surface area contributed by atoms with Gasteiger partial charge in [-0.25, -0.2) is 4.98 Å². The van der Waals surface area contributed by atoms with Crippen LogP contribution in [-0.2, 0) is 63.2 Å². The van der Waals surface area contributed by atoms with Gasteiger partial charge >= 0.3 is 63.2 Å². The Bertz CT molecular complexity index is 1110. The summed E-state index contributed by atoms with van der Waals surface area (Å²) in [5.41, 5.74) is 6.12. The van der Waals surface area contributed by atoms with E-state index in [4.69, 9.17) is 50.9 Å². The molecule has 4 aromatic rings. The van der Waals surface area contributed by atoms with Gasteiger partial charge in [0.1, 0.15) is 0 Å². The molecule has 282 valence electrons. The van der Waals surface area contributed by atoms with Crippen LogP contribution in [0, 0.1) is 30.3 Å². The average Bonchev–Trinajstić information content (AvgIpc) is 2.84. The number of halogens is 3. The van der Waals surface area contributed by atoms with Gasteiger partial charge in [-0.2, -0.15) is 0 Å². The van der Waals surface area contributed by atoms with Crippen molar-refractivity contribution in [2.75, 3.05) is 0 Å². The molecule has 0 aromatic carbocycles. The summed E-state index contributed by atoms with van der Waals surface area (Å²) in [4.78, 5) is 42.2. The van der Waals surface area contributed by atoms with Gasteiger partial charge in [0.2, 0.25) is 0 Å². The van der Waals surface area contributed by atoms with Crippen molar-refractivity contribution in [2.24, 2.45) is 0 Å². The molecule has 0 unspecified atom stereocenters. The summed E-state index contributed by atoms with van der Waals surface area (Å²) < 4.78 is 0. The first-order valence-corrected chi connectivity index (χ1v) is 9.33. The van der Waals surface area contributed by atoms with E-state index in [1.54, 1.807) is 37.2 Å². The molecular weight excluding hydrogens is 1260 g/mol. The quantitative estimate of drug-likeness (QED) is 0.0687. The molecule has 28 heteroatoms. The van der Waals surface area contributed by atoms with Crippen molar-refractivity contribution in [3.8, 4) is 33.6 Å². The fourth-order valence-corrected chi connectivity index (χ4v) is 2.58. The Balaban J connectivity index is -0.0000000479. The van der Waals surface area contributed by atoms with Crippen LogP contribution >= 0.6 is 0 Å². The molecule has 22 nitrogen and oxygen atoms in total. The Morgan fingerprint density at radius 3 is 0.833 bits per heavy atom. The molecule has 0 aliphatic heterocycles. The Kier molecular flexibility index (Phi) is 76.6. The summed E-state index contributed by atoms with van der Waals surface area (Å²) in [5, 5.41) is 40.9. The molecule has 4 aromatic heterocycles. The van der Waals surface area contributed by atoms with Crippen molar-refractivity contribution < 1.29 is 131 Å². The molecule has 0 saturated carbocycles. The predicted molar refractivity (Wildman–Crippen MR) is 150 cm³/mol. The smallest absolute Gasteiger partial charge is 1.00 e. The zero-order valence-corrected chi connectivity index (χ0v) is 33.4. The molecule has 4 rings (SSSR count). The SMILES string of the molecule is N.N.N.N.N.N.O=[N+]([O-])O.O=[N+]([O-])O.O=[N+]([O-])O.[Cl-].[Cl-].[Cl-].[Pt+2].[Pt+2].[Pt+2].c1cc(-c2cc(-c3ccncc3)nc(-c3ccncc3)c2)ccn1. The van der Waals surface area contributed by atoms with Crippen LogP contribution in [0.5, 0.6) is 0 Å². The zero-order valence-electron chi connectivity index (χ0n) is 24.3. The van der Waals surface area contributed by atoms with Gasteiger partial charge in [0.25, 0.3) is 15.3 Å². The topological polar surface area (TPSA) is 452 Å². The van der Waals surface area contributed by atoms with Gasteiger partial charge in [0.15, 0.2) is 0 Å². The van der Waals surface area contributed by atoms with Crippen molar-refractivity contribution in [1.82, 2.24) is 56.8 Å². The van der Waals surface area contributed by atoms with Gasteiger partial charge in [0, 0.05) is 48.3 Å². The summed E-state index contributed by atoms with van der Waals surface area (Å²) in [5.74, 6) is 0. The molecule has 0 aliphatic carbocycles. The van der Waals surface area contributed by atoms with E-state index in [1.807, 2.05) is 36.4 Å². The Hall–Kier alpha value is -3.11. The molecule has 48 heavy (non-hydrogen) atoms. The minimum absolute atomic E-state index is 0. The third-order valence-corrected chi connectivity index (χ3v) is 3.79. The Morgan fingerprint density at radius 2 is 0.625 bits per heavy atom. The molecule has 0 aliphatic rings. The monoisotopic (exact) mass is 1290 g/mol. The van der Waals surface area contributed by atoms with Gasteiger partial charge in [-0.1, -0.05) is 0 Å². The van der Waals surface area contributed by atoms with Gasteiger partial charge < -0.3 is 89.7 Å². The summed E-state index contributed by atoms with van der Waals surface area (Å²) in [6.45, 7) is 0. The van der Waals surface area contributed by atoms with Crippen LogP contribution in [-0.4, -0.2) is 50.8 Å². The van der Waals surface area contributed by atoms with Crippen LogP contribution in [0.4, 0.5) is 0 Å². The molecule has 0 fully saturated rings. The van der Waals surface area contributed by atoms with Crippen LogP contribution < -0.4 is 74.1 Å². The van der Waals surface area contributed by atoms with E-state index in [2.05, 4.69) is 27.1 Å². The Morgan fingerprint density at radius 1 is 0.438 bits per heavy atom. The molecule has 0 saturated heterocycles. The second kappa shape index (κ2) is 46.0. The third-order valence-electron chi connectivity index (χ3n) is 3.79. The van der Waals surface area contributed by atoms with Crippen LogP contribution in [0.25, 0.3) is 33.6 Å². The fourth-order valence-electron chi connectivity index (χ4n) is 2.58. The number of hydrogen-bond donors (Lipinski definition) is 9. The first-order chi connectivity index (χ1) is 17.1. The van der Waals surface area contributed by atoms with E-state index in [0.717, 1.165) is 33.6 Å². The van der Waals surface area contributed by atoms with Crippen LogP contribution in [0.15, 0.2) is 85.7 Å². The minimum atomic E-state index is -1.50. The average molecular weight is 1290 g/mol. The summed E-state index contributed by atoms with van der Waals surface area (Å²) >= 11 is 0. The second-order valence-corrected chi connectivity index (χ2v) is 6.05. The van der Waals surface area contributed by atoms with Gasteiger partial charge in [-0.3, -0.25) is 15.0 Å². The maximum Gasteiger partial charge on any atom is 2.00 e. The van der Waals surface area contributed by atoms with Crippen molar-refractivity contribution in [1.29, 1.82) is 0 Å². The van der Waals surface area contributed by atoms with E-state index in [1.165, 1.54) is 0 Å². The van der Waals surface area contributed by atoms with Crippen LogP contribution in [0.2, 0.25) is 0 Å². The second-order valence-electron chi connectivity index (χ2n) is 6.05. The Labute approximate surface area is 335 Å². The van der Waals surface area contributed by atoms with E-state index < -0.39 is 15.3 Å². The molecule has 0 bridgehead atoms. The number of aromatic nitrogens is 4. The van der Waals surface area contributed by atoms with Gasteiger partial charge in [0.05, 0.1) is 11.4 Å². The zero-order chi connectivity index (χ0) is 26.9. The summed E-state index contributed by atoms with van der Waals surface area (Å²) in [6, 6.07) is 16.1. The maximum absolute atomic E-state index is 8.36. The van der Waals surface area contributed by atoms with E-state index in [9.17, 15) is 0 Å². The van der Waals surface area contributed by atoms with Crippen LogP contribution in [0.3, 0.4) is 0 Å². The molecule has 0 radical (unpaired) electrons. The molecular formula is C20H35Cl3N13O9Pt3+3. The molecule has 0 atom stereocenters. The van der Waals surface area contributed by atoms with Crippen molar-refractivity contribution >= 4 is 0 Å². The van der Waals surface area contributed by atoms with Crippen molar-refractivity contribution in [2.45, 2.75) is 0 Å². The van der Waals surface area contributed by atoms with Gasteiger partial charge in [-0.15, -0.1) is 30.3 Å². The predicted octanol–water partition coefficient (Wildman–Crippen LogP) is -4.80. The van der Waals surface area contributed by atoms with E-state index in [0.29, 0.717) is 0 Å². The third kappa shape index (κ3) is 37.4. The number of pyridine rings is 4. The molecule has 4 heterocycles. The largest absolute Gasteiger partial charge is 2.00 e. The van der Waals surface area contributed by atoms with E-state index >= 15 is 0 Å². The fraction of sp³-hybridized carbons (Fsp3) is 0. The number of hydrogen-bond acceptors (Lipinski definition) is 16. The molecule has 0 spiro atoms. The van der Waals surface area contributed by atoms with Gasteiger partial charge in [-0.05, 0) is 59.7 Å². The standard InChI is InChI=1S/C20H14N4.3ClH.3HNO3.6H3N.3Pt/c1-7-21-8-2-15(1)18-13-19(16-3-9-22-10-4-16)24-20(14-18)17-5-11-23-12-6-17;;;;3*2-1(3)4;;;;;;;;;/h1-14H;3*1H;3*(H,2,3,4);6*1H3;;;/q;;;;;;;;;;;;;3*+2/p-3. The normalized spacial score (nSPS) is 6.75. The minimum Gasteiger partial charge on any atom is -1.00 e. The first-order valence-electron chi connectivity index (χ1n) is 9.33. The van der Waals surface area contributed by atoms with Crippen LogP contribution in [0.1, 0.15) is 0 Å². The van der Waals surface area contributed by atoms with E-state index in [-0.39, 0.29) is 137 Å². The first kappa shape index (κ1) is 79.9. The molecule has 0 amide bonds.